The first-order valence-electron chi connectivity index (χ1n) is 8.21. The van der Waals surface area contributed by atoms with Crippen molar-refractivity contribution >= 4 is 0 Å². The number of phenols is 1. The van der Waals surface area contributed by atoms with Crippen LogP contribution in [0.2, 0.25) is 0 Å². The molecule has 4 N–H and O–H groups in total. The standard InChI is InChI=1S/C20H16N4O3/c1-26-14-7-3-5-12(9-14)18-17-16(11-4-2-6-13(25)8-11)15(10-21)19(22)27-20(17)24-23-18/h2-9,16,25H,22H2,1H3,(H,23,24). The number of rotatable bonds is 3. The smallest absolute Gasteiger partial charge is 0.244 e. The summed E-state index contributed by atoms with van der Waals surface area (Å²) >= 11 is 0. The fourth-order valence-corrected chi connectivity index (χ4v) is 3.28. The molecular formula is C20H16N4O3. The average molecular weight is 360 g/mol. The van der Waals surface area contributed by atoms with Crippen LogP contribution in [-0.2, 0) is 0 Å². The van der Waals surface area contributed by atoms with E-state index in [-0.39, 0.29) is 17.2 Å². The third-order valence-electron chi connectivity index (χ3n) is 4.50. The second-order valence-corrected chi connectivity index (χ2v) is 6.07. The van der Waals surface area contributed by atoms with Gasteiger partial charge in [-0.3, -0.25) is 5.10 Å². The maximum atomic E-state index is 9.92. The number of H-pyrrole nitrogens is 1. The normalized spacial score (nSPS) is 15.6. The summed E-state index contributed by atoms with van der Waals surface area (Å²) in [6, 6.07) is 16.3. The predicted octanol–water partition coefficient (Wildman–Crippen LogP) is 3.01. The fraction of sp³-hybridized carbons (Fsp3) is 0.100. The van der Waals surface area contributed by atoms with Gasteiger partial charge in [0.2, 0.25) is 11.8 Å². The highest BCUT2D eigenvalue weighted by molar-refractivity contribution is 5.71. The molecule has 3 aromatic rings. The van der Waals surface area contributed by atoms with Crippen LogP contribution < -0.4 is 15.2 Å². The van der Waals surface area contributed by atoms with Gasteiger partial charge >= 0.3 is 0 Å². The summed E-state index contributed by atoms with van der Waals surface area (Å²) in [5, 5.41) is 26.8. The molecule has 7 nitrogen and oxygen atoms in total. The van der Waals surface area contributed by atoms with Gasteiger partial charge in [0, 0.05) is 5.56 Å². The molecule has 1 aliphatic rings. The summed E-state index contributed by atoms with van der Waals surface area (Å²) in [5.41, 5.74) is 9.14. The molecule has 0 amide bonds. The molecule has 4 rings (SSSR count). The van der Waals surface area contributed by atoms with Gasteiger partial charge in [-0.05, 0) is 29.8 Å². The number of hydrogen-bond donors (Lipinski definition) is 3. The van der Waals surface area contributed by atoms with Crippen molar-refractivity contribution in [3.63, 3.8) is 0 Å². The van der Waals surface area contributed by atoms with Crippen LogP contribution in [0.25, 0.3) is 11.3 Å². The van der Waals surface area contributed by atoms with E-state index in [9.17, 15) is 10.4 Å². The zero-order chi connectivity index (χ0) is 19.0. The molecule has 0 bridgehead atoms. The topological polar surface area (TPSA) is 117 Å². The first-order valence-corrected chi connectivity index (χ1v) is 8.21. The molecule has 0 aliphatic carbocycles. The SMILES string of the molecule is COc1cccc(-c2[nH]nc3c2C(c2cccc(O)c2)C(C#N)=C(N)O3)c1. The Morgan fingerprint density at radius 3 is 2.81 bits per heavy atom. The highest BCUT2D eigenvalue weighted by atomic mass is 16.5. The third-order valence-corrected chi connectivity index (χ3v) is 4.50. The minimum absolute atomic E-state index is 0.00188. The Hall–Kier alpha value is -3.92. The molecule has 2 aromatic carbocycles. The Bertz CT molecular complexity index is 1090. The zero-order valence-electron chi connectivity index (χ0n) is 14.4. The number of benzene rings is 2. The van der Waals surface area contributed by atoms with Gasteiger partial charge in [0.15, 0.2) is 0 Å². The summed E-state index contributed by atoms with van der Waals surface area (Å²) in [7, 11) is 1.59. The average Bonchev–Trinajstić information content (AvgIpc) is 3.10. The number of ether oxygens (including phenoxy) is 2. The lowest BCUT2D eigenvalue weighted by atomic mass is 9.83. The first-order chi connectivity index (χ1) is 13.1. The molecule has 1 aliphatic heterocycles. The van der Waals surface area contributed by atoms with Gasteiger partial charge in [-0.2, -0.15) is 5.26 Å². The van der Waals surface area contributed by atoms with Crippen molar-refractivity contribution in [1.82, 2.24) is 10.2 Å². The monoisotopic (exact) mass is 360 g/mol. The number of nitriles is 1. The number of fused-ring (bicyclic) bond motifs is 1. The molecule has 0 saturated heterocycles. The van der Waals surface area contributed by atoms with Gasteiger partial charge in [0.1, 0.15) is 23.1 Å². The number of nitrogens with one attached hydrogen (secondary N) is 1. The van der Waals surface area contributed by atoms with Crippen molar-refractivity contribution in [2.45, 2.75) is 5.92 Å². The molecule has 1 unspecified atom stereocenters. The Balaban J connectivity index is 1.95. The van der Waals surface area contributed by atoms with E-state index in [1.54, 1.807) is 25.3 Å². The van der Waals surface area contributed by atoms with Gasteiger partial charge in [0.25, 0.3) is 0 Å². The van der Waals surface area contributed by atoms with Crippen LogP contribution in [0.1, 0.15) is 17.0 Å². The van der Waals surface area contributed by atoms with Crippen LogP contribution in [0.3, 0.4) is 0 Å². The molecule has 1 atom stereocenters. The third kappa shape index (κ3) is 2.73. The number of hydrogen-bond acceptors (Lipinski definition) is 6. The second-order valence-electron chi connectivity index (χ2n) is 6.07. The number of nitrogens with two attached hydrogens (primary N) is 1. The van der Waals surface area contributed by atoms with E-state index in [1.807, 2.05) is 30.3 Å². The van der Waals surface area contributed by atoms with Gasteiger partial charge in [-0.15, -0.1) is 5.10 Å². The van der Waals surface area contributed by atoms with Gasteiger partial charge in [-0.1, -0.05) is 24.3 Å². The molecule has 134 valence electrons. The van der Waals surface area contributed by atoms with Crippen LogP contribution in [-0.4, -0.2) is 22.4 Å². The van der Waals surface area contributed by atoms with Crippen molar-refractivity contribution in [2.24, 2.45) is 5.73 Å². The summed E-state index contributed by atoms with van der Waals surface area (Å²) in [6.45, 7) is 0. The van der Waals surface area contributed by atoms with Gasteiger partial charge in [-0.25, -0.2) is 0 Å². The predicted molar refractivity (Wildman–Crippen MR) is 98.0 cm³/mol. The van der Waals surface area contributed by atoms with E-state index in [4.69, 9.17) is 15.2 Å². The number of nitrogens with zero attached hydrogens (tertiary/aromatic N) is 2. The van der Waals surface area contributed by atoms with Crippen LogP contribution in [0.4, 0.5) is 0 Å². The van der Waals surface area contributed by atoms with E-state index in [0.717, 1.165) is 5.56 Å². The summed E-state index contributed by atoms with van der Waals surface area (Å²) in [4.78, 5) is 0. The van der Waals surface area contributed by atoms with Crippen molar-refractivity contribution in [3.05, 3.63) is 71.1 Å². The summed E-state index contributed by atoms with van der Waals surface area (Å²) < 4.78 is 10.9. The minimum atomic E-state index is -0.522. The lowest BCUT2D eigenvalue weighted by Gasteiger charge is -2.24. The van der Waals surface area contributed by atoms with Crippen LogP contribution in [0.5, 0.6) is 17.4 Å². The molecule has 27 heavy (non-hydrogen) atoms. The Morgan fingerprint density at radius 1 is 1.26 bits per heavy atom. The Kier molecular flexibility index (Phi) is 3.94. The molecule has 0 radical (unpaired) electrons. The van der Waals surface area contributed by atoms with Crippen molar-refractivity contribution in [2.75, 3.05) is 7.11 Å². The van der Waals surface area contributed by atoms with Crippen LogP contribution in [0, 0.1) is 11.3 Å². The molecule has 0 spiro atoms. The quantitative estimate of drug-likeness (QED) is 0.661. The van der Waals surface area contributed by atoms with Crippen molar-refractivity contribution in [3.8, 4) is 34.7 Å². The lowest BCUT2D eigenvalue weighted by Crippen LogP contribution is -2.20. The summed E-state index contributed by atoms with van der Waals surface area (Å²) in [5.74, 6) is 0.574. The second kappa shape index (κ2) is 6.42. The number of allylic oxidation sites excluding steroid dienone is 1. The maximum absolute atomic E-state index is 9.92. The number of phenolic OH excluding ortho intramolecular Hbond substituents is 1. The van der Waals surface area contributed by atoms with E-state index in [1.165, 1.54) is 0 Å². The van der Waals surface area contributed by atoms with E-state index >= 15 is 0 Å². The van der Waals surface area contributed by atoms with Gasteiger partial charge in [0.05, 0.1) is 24.3 Å². The minimum Gasteiger partial charge on any atom is -0.508 e. The molecule has 2 heterocycles. The van der Waals surface area contributed by atoms with Crippen LogP contribution >= 0.6 is 0 Å². The van der Waals surface area contributed by atoms with Crippen LogP contribution in [0.15, 0.2) is 60.0 Å². The largest absolute Gasteiger partial charge is 0.508 e. The number of aromatic hydroxyl groups is 1. The maximum Gasteiger partial charge on any atom is 0.244 e. The lowest BCUT2D eigenvalue weighted by molar-refractivity contribution is 0.378. The highest BCUT2D eigenvalue weighted by Crippen LogP contribution is 2.46. The zero-order valence-corrected chi connectivity index (χ0v) is 14.4. The number of aromatic amines is 1. The molecule has 7 heteroatoms. The van der Waals surface area contributed by atoms with E-state index < -0.39 is 5.92 Å². The molecule has 0 fully saturated rings. The highest BCUT2D eigenvalue weighted by Gasteiger charge is 2.35. The van der Waals surface area contributed by atoms with E-state index in [0.29, 0.717) is 28.5 Å². The number of aromatic nitrogens is 2. The van der Waals surface area contributed by atoms with Gasteiger partial charge < -0.3 is 20.3 Å². The molecule has 0 saturated carbocycles. The fourth-order valence-electron chi connectivity index (χ4n) is 3.28. The number of methoxy groups -OCH3 is 1. The van der Waals surface area contributed by atoms with Crippen molar-refractivity contribution < 1.29 is 14.6 Å². The molecular weight excluding hydrogens is 344 g/mol. The summed E-state index contributed by atoms with van der Waals surface area (Å²) in [6.07, 6.45) is 0. The Morgan fingerprint density at radius 2 is 2.07 bits per heavy atom. The Labute approximate surface area is 155 Å². The van der Waals surface area contributed by atoms with Crippen molar-refractivity contribution in [1.29, 1.82) is 5.26 Å². The first kappa shape index (κ1) is 16.5. The van der Waals surface area contributed by atoms with E-state index in [2.05, 4.69) is 16.3 Å². The molecule has 1 aromatic heterocycles.